The molecule has 0 aliphatic heterocycles. The van der Waals surface area contributed by atoms with Gasteiger partial charge in [0.25, 0.3) is 0 Å². The molecule has 6 unspecified atom stereocenters. The van der Waals surface area contributed by atoms with Crippen LogP contribution >= 0.6 is 124 Å². The van der Waals surface area contributed by atoms with E-state index in [0.29, 0.717) is 83.5 Å². The van der Waals surface area contributed by atoms with E-state index in [4.69, 9.17) is 110 Å². The van der Waals surface area contributed by atoms with Gasteiger partial charge in [-0.2, -0.15) is 0 Å². The van der Waals surface area contributed by atoms with E-state index in [0.717, 1.165) is 77.6 Å². The fraction of sp³-hybridized carbons (Fsp3) is 0.895. The maximum atomic E-state index is 6.38. The van der Waals surface area contributed by atoms with E-state index in [9.17, 15) is 0 Å². The Morgan fingerprint density at radius 3 is 0.975 bits per heavy atom. The number of hydrogen-bond acceptors (Lipinski definition) is 18. The van der Waals surface area contributed by atoms with Gasteiger partial charge in [-0.25, -0.2) is 0 Å². The van der Waals surface area contributed by atoms with Crippen LogP contribution in [0.25, 0.3) is 0 Å². The molecule has 0 rings (SSSR count). The van der Waals surface area contributed by atoms with Crippen LogP contribution in [0.2, 0.25) is 18.1 Å². The van der Waals surface area contributed by atoms with Crippen LogP contribution in [0.5, 0.6) is 0 Å². The largest absolute Gasteiger partial charge is 0.500 e. The zero-order chi connectivity index (χ0) is 61.4. The molecule has 24 heteroatoms. The minimum Gasteiger partial charge on any atom is -0.374 e. The topological polar surface area (TPSA) is 83.1 Å². The van der Waals surface area contributed by atoms with Crippen LogP contribution in [-0.4, -0.2) is 103 Å². The first-order chi connectivity index (χ1) is 38.5. The van der Waals surface area contributed by atoms with Crippen LogP contribution in [0.3, 0.4) is 0 Å². The summed E-state index contributed by atoms with van der Waals surface area (Å²) in [6.07, 6.45) is 24.0. The molecule has 0 spiro atoms. The number of hydrogen-bond donors (Lipinski definition) is 6. The second-order valence-corrected chi connectivity index (χ2v) is 55.3. The van der Waals surface area contributed by atoms with Gasteiger partial charge < -0.3 is 39.8 Å². The van der Waals surface area contributed by atoms with Crippen LogP contribution in [0.1, 0.15) is 214 Å². The first-order valence-corrected chi connectivity index (χ1v) is 52.5. The second-order valence-electron chi connectivity index (χ2n) is 21.7. The van der Waals surface area contributed by atoms with E-state index >= 15 is 0 Å². The van der Waals surface area contributed by atoms with Gasteiger partial charge in [-0.1, -0.05) is 117 Å². The van der Waals surface area contributed by atoms with Gasteiger partial charge in [-0.05, 0) is 190 Å². The third-order valence-electron chi connectivity index (χ3n) is 14.3. The Balaban J connectivity index is 7.55. The maximum absolute atomic E-state index is 6.38. The molecule has 0 aliphatic carbocycles. The molecule has 488 valence electrons. The van der Waals surface area contributed by atoms with Crippen LogP contribution in [-0.2, 0) is 39.8 Å². The summed E-state index contributed by atoms with van der Waals surface area (Å²) in [7, 11) is -10.4. The molecule has 0 aromatic heterocycles. The van der Waals surface area contributed by atoms with Gasteiger partial charge in [0.05, 0.1) is 0 Å². The Bertz CT molecular complexity index is 1600. The van der Waals surface area contributed by atoms with E-state index < -0.39 is 50.7 Å². The van der Waals surface area contributed by atoms with E-state index in [1.807, 2.05) is 62.3 Å². The lowest BCUT2D eigenvalue weighted by atomic mass is 9.91. The Morgan fingerprint density at radius 2 is 0.679 bits per heavy atom. The van der Waals surface area contributed by atoms with Gasteiger partial charge in [0, 0.05) is 86.7 Å². The molecule has 81 heavy (non-hydrogen) atoms. The predicted octanol–water partition coefficient (Wildman–Crippen LogP) is 22.4. The van der Waals surface area contributed by atoms with Gasteiger partial charge in [-0.3, -0.25) is 0 Å². The number of unbranched alkanes of at least 4 members (excludes halogenated alkanes) is 1. The fourth-order valence-corrected chi connectivity index (χ4v) is 44.0. The standard InChI is InChI=1S/C57H122O9S12Si3/c1-17-58-79(59-18-2,60-19-3)47-31-44-76(70,73-67)56(43-42-54(15)41-30-39-52(13)36-27-26-35-51(12)38-29-40-53(14)37-28-34-50(10)11)55(16)57(77(71,74-68)45-32-48-80(61-20-4,62-21-5)63-22-6)78(72,75-69)46-33-49-81(64-23-7,65-24-8)66-25-9/h42-43,50-53,67-72H,17-41,44-49H2,1-16H3. The summed E-state index contributed by atoms with van der Waals surface area (Å²) in [6, 6.07) is 2.00. The van der Waals surface area contributed by atoms with Crippen LogP contribution in [0.15, 0.2) is 32.4 Å². The highest BCUT2D eigenvalue weighted by Crippen LogP contribution is 2.89. The molecular weight excluding hydrogens is 1300 g/mol. The Kier molecular flexibility index (Phi) is 50.7. The summed E-state index contributed by atoms with van der Waals surface area (Å²) >= 11 is 33.0. The molecule has 0 aromatic carbocycles. The molecule has 0 bridgehead atoms. The van der Waals surface area contributed by atoms with Crippen molar-refractivity contribution in [1.82, 2.24) is 0 Å². The number of thiol groups is 6. The van der Waals surface area contributed by atoms with Gasteiger partial charge in [0.2, 0.25) is 0 Å². The molecule has 6 atom stereocenters. The first kappa shape index (κ1) is 84.7. The van der Waals surface area contributed by atoms with Crippen molar-refractivity contribution in [2.24, 2.45) is 23.7 Å². The molecule has 0 radical (unpaired) electrons. The lowest BCUT2D eigenvalue weighted by Crippen LogP contribution is -2.46. The minimum absolute atomic E-state index is 0.516. The molecular formula is C57H122O9S12Si3. The summed E-state index contributed by atoms with van der Waals surface area (Å²) < 4.78 is 58.6. The van der Waals surface area contributed by atoms with Gasteiger partial charge in [0.1, 0.15) is 0 Å². The fourth-order valence-electron chi connectivity index (χ4n) is 10.4. The molecule has 0 heterocycles. The zero-order valence-electron chi connectivity index (χ0n) is 53.7. The molecule has 0 N–H and O–H groups in total. The number of rotatable bonds is 55. The summed E-state index contributed by atoms with van der Waals surface area (Å²) in [5.41, 5.74) is 2.48. The van der Waals surface area contributed by atoms with Gasteiger partial charge in [0.15, 0.2) is 0 Å². The predicted molar refractivity (Wildman–Crippen MR) is 401 cm³/mol. The Morgan fingerprint density at radius 1 is 0.395 bits per heavy atom. The van der Waals surface area contributed by atoms with E-state index in [2.05, 4.69) is 60.6 Å². The van der Waals surface area contributed by atoms with Crippen molar-refractivity contribution in [2.45, 2.75) is 232 Å². The Labute approximate surface area is 548 Å². The highest BCUT2D eigenvalue weighted by molar-refractivity contribution is 9.42. The van der Waals surface area contributed by atoms with Crippen molar-refractivity contribution in [2.75, 3.05) is 76.7 Å². The van der Waals surface area contributed by atoms with E-state index in [1.54, 1.807) is 9.83 Å². The van der Waals surface area contributed by atoms with Crippen molar-refractivity contribution in [3.8, 4) is 0 Å². The lowest BCUT2D eigenvalue weighted by molar-refractivity contribution is 0.0704. The van der Waals surface area contributed by atoms with E-state index in [-0.39, 0.29) is 0 Å². The second kappa shape index (κ2) is 48.5. The van der Waals surface area contributed by atoms with E-state index in [1.165, 1.54) is 100 Å². The summed E-state index contributed by atoms with van der Waals surface area (Å²) in [4.78, 5) is 1.15. The smallest absolute Gasteiger partial charge is 0.374 e. The van der Waals surface area contributed by atoms with Crippen LogP contribution < -0.4 is 0 Å². The monoisotopic (exact) mass is 1420 g/mol. The molecule has 0 fully saturated rings. The Hall–Kier alpha value is 3.71. The van der Waals surface area contributed by atoms with Crippen molar-refractivity contribution in [3.05, 3.63) is 32.4 Å². The summed E-state index contributed by atoms with van der Waals surface area (Å²) in [5, 5.41) is 0. The minimum atomic E-state index is -2.97. The number of allylic oxidation sites excluding steroid dienone is 4. The third-order valence-corrected chi connectivity index (χ3v) is 53.6. The zero-order valence-corrected chi connectivity index (χ0v) is 67.0. The maximum Gasteiger partial charge on any atom is 0.500 e. The quantitative estimate of drug-likeness (QED) is 0.0115. The van der Waals surface area contributed by atoms with Crippen molar-refractivity contribution < 1.29 is 39.8 Å². The highest BCUT2D eigenvalue weighted by atomic mass is 33.7. The van der Waals surface area contributed by atoms with Crippen LogP contribution in [0, 0.1) is 23.7 Å². The highest BCUT2D eigenvalue weighted by Gasteiger charge is 2.46. The molecule has 9 nitrogen and oxygen atoms in total. The summed E-state index contributed by atoms with van der Waals surface area (Å²) in [6.45, 7) is 39.4. The summed E-state index contributed by atoms with van der Waals surface area (Å²) in [5.74, 6) is 5.42. The average molecular weight is 1420 g/mol. The molecule has 0 saturated carbocycles. The average Bonchev–Trinajstić information content (AvgIpc) is 3.42. The SMILES string of the molecule is CCO[Si](CCCS(S)(SS)C(=CC=C(C)CCCC(C)CCCCC(C)CCCC(C)CCCC(C)C)C(C)=C(S(S)(CCC[Si](OCC)(OCC)OCC)SS)S(S)(CCC[Si](OCC)(OCC)OCC)SS)(OCC)OCC. The normalized spacial score (nSPS) is 17.8. The van der Waals surface area contributed by atoms with Crippen molar-refractivity contribution in [3.63, 3.8) is 0 Å². The van der Waals surface area contributed by atoms with Crippen LogP contribution in [0.4, 0.5) is 0 Å². The van der Waals surface area contributed by atoms with Gasteiger partial charge in [-0.15, -0.1) is 94.2 Å². The molecule has 0 aromatic rings. The van der Waals surface area contributed by atoms with Gasteiger partial charge >= 0.3 is 26.4 Å². The van der Waals surface area contributed by atoms with Crippen molar-refractivity contribution in [1.29, 1.82) is 0 Å². The van der Waals surface area contributed by atoms with Crippen molar-refractivity contribution >= 4 is 150 Å². The third kappa shape index (κ3) is 33.7. The first-order valence-electron chi connectivity index (χ1n) is 30.9. The lowest BCUT2D eigenvalue weighted by Gasteiger charge is -2.48. The molecule has 0 aliphatic rings. The molecule has 0 saturated heterocycles. The molecule has 0 amide bonds.